The van der Waals surface area contributed by atoms with Gasteiger partial charge in [-0.05, 0) is 49.8 Å². The van der Waals surface area contributed by atoms with E-state index in [1.54, 1.807) is 17.9 Å². The van der Waals surface area contributed by atoms with E-state index < -0.39 is 0 Å². The van der Waals surface area contributed by atoms with E-state index in [-0.39, 0.29) is 18.3 Å². The molecule has 8 heteroatoms. The van der Waals surface area contributed by atoms with Crippen molar-refractivity contribution in [2.24, 2.45) is 7.05 Å². The Balaban J connectivity index is 1.71. The maximum absolute atomic E-state index is 5.92. The number of tetrazole rings is 1. The molecule has 1 fully saturated rings. The molecule has 2 aromatic rings. The highest BCUT2D eigenvalue weighted by molar-refractivity contribution is 6.52. The molecule has 1 aliphatic rings. The summed E-state index contributed by atoms with van der Waals surface area (Å²) < 4.78 is 13.4. The van der Waals surface area contributed by atoms with Gasteiger partial charge in [-0.3, -0.25) is 4.98 Å². The summed E-state index contributed by atoms with van der Waals surface area (Å²) in [7, 11) is 1.42. The van der Waals surface area contributed by atoms with E-state index in [0.717, 1.165) is 11.3 Å². The van der Waals surface area contributed by atoms with Gasteiger partial charge in [0.25, 0.3) is 0 Å². The van der Waals surface area contributed by atoms with E-state index in [1.807, 2.05) is 51.9 Å². The summed E-state index contributed by atoms with van der Waals surface area (Å²) in [6.45, 7) is 8.14. The van der Waals surface area contributed by atoms with Crippen molar-refractivity contribution in [1.82, 2.24) is 25.2 Å². The Bertz CT molecular complexity index is 708. The zero-order valence-electron chi connectivity index (χ0n) is 14.0. The van der Waals surface area contributed by atoms with Crippen LogP contribution in [0.2, 0.25) is 0 Å². The van der Waals surface area contributed by atoms with Gasteiger partial charge in [-0.2, -0.15) is 0 Å². The van der Waals surface area contributed by atoms with Crippen molar-refractivity contribution in [2.45, 2.75) is 38.9 Å². The summed E-state index contributed by atoms with van der Waals surface area (Å²) >= 11 is 0. The summed E-state index contributed by atoms with van der Waals surface area (Å²) in [5.41, 5.74) is 1.02. The van der Waals surface area contributed by atoms with Crippen molar-refractivity contribution in [1.29, 1.82) is 0 Å². The van der Waals surface area contributed by atoms with E-state index in [9.17, 15) is 0 Å². The highest BCUT2D eigenvalue weighted by Crippen LogP contribution is 2.37. The van der Waals surface area contributed by atoms with Crippen LogP contribution in [0.25, 0.3) is 17.6 Å². The van der Waals surface area contributed by atoms with Gasteiger partial charge in [-0.1, -0.05) is 18.1 Å². The van der Waals surface area contributed by atoms with Crippen LogP contribution in [0.3, 0.4) is 0 Å². The zero-order valence-corrected chi connectivity index (χ0v) is 14.0. The van der Waals surface area contributed by atoms with Gasteiger partial charge in [0.1, 0.15) is 5.69 Å². The lowest BCUT2D eigenvalue weighted by Crippen LogP contribution is -2.41. The lowest BCUT2D eigenvalue weighted by Gasteiger charge is -2.32. The first-order valence-corrected chi connectivity index (χ1v) is 7.51. The molecule has 23 heavy (non-hydrogen) atoms. The van der Waals surface area contributed by atoms with E-state index >= 15 is 0 Å². The number of hydrogen-bond donors (Lipinski definition) is 0. The molecule has 0 atom stereocenters. The molecule has 0 amide bonds. The molecule has 0 saturated carbocycles. The molecule has 3 heterocycles. The summed E-state index contributed by atoms with van der Waals surface area (Å²) in [4.78, 5) is 4.39. The molecule has 0 aliphatic carbocycles. The Hall–Kier alpha value is -2.06. The molecule has 0 radical (unpaired) electrons. The molecule has 0 N–H and O–H groups in total. The summed E-state index contributed by atoms with van der Waals surface area (Å²) in [6, 6.07) is 3.84. The lowest BCUT2D eigenvalue weighted by molar-refractivity contribution is 0.00578. The number of aromatic nitrogens is 5. The summed E-state index contributed by atoms with van der Waals surface area (Å²) in [6.07, 6.45) is 3.71. The van der Waals surface area contributed by atoms with Gasteiger partial charge >= 0.3 is 7.12 Å². The van der Waals surface area contributed by atoms with Crippen molar-refractivity contribution in [2.75, 3.05) is 0 Å². The largest absolute Gasteiger partial charge is 0.487 e. The normalized spacial score (nSPS) is 19.6. The minimum absolute atomic E-state index is 0.331. The number of rotatable bonds is 3. The van der Waals surface area contributed by atoms with Crippen molar-refractivity contribution < 1.29 is 9.31 Å². The predicted octanol–water partition coefficient (Wildman–Crippen LogP) is 1.92. The van der Waals surface area contributed by atoms with E-state index in [0.29, 0.717) is 5.82 Å². The first kappa shape index (κ1) is 15.8. The fourth-order valence-electron chi connectivity index (χ4n) is 2.24. The molecule has 0 spiro atoms. The topological polar surface area (TPSA) is 75.0 Å². The van der Waals surface area contributed by atoms with Crippen molar-refractivity contribution >= 4 is 13.2 Å². The molecular weight excluding hydrogens is 293 g/mol. The number of hydrogen-bond acceptors (Lipinski definition) is 6. The first-order chi connectivity index (χ1) is 10.8. The third-order valence-corrected chi connectivity index (χ3v) is 4.35. The Morgan fingerprint density at radius 1 is 1.13 bits per heavy atom. The van der Waals surface area contributed by atoms with Crippen molar-refractivity contribution in [3.63, 3.8) is 0 Å². The molecule has 3 rings (SSSR count). The molecule has 1 saturated heterocycles. The number of aryl methyl sites for hydroxylation is 1. The maximum atomic E-state index is 5.92. The second-order valence-electron chi connectivity index (χ2n) is 6.59. The standard InChI is InChI=1S/C15H20BN5O2/c1-14(2)15(3,4)23-16(22-14)9-8-11-6-7-12(17-10-11)13-18-19-20-21(13)5/h6-10H,1-5H3/b9-8+. The van der Waals surface area contributed by atoms with Gasteiger partial charge in [0.15, 0.2) is 5.82 Å². The maximum Gasteiger partial charge on any atom is 0.487 e. The van der Waals surface area contributed by atoms with Gasteiger partial charge in [0.05, 0.1) is 11.2 Å². The molecule has 120 valence electrons. The highest BCUT2D eigenvalue weighted by atomic mass is 16.7. The summed E-state index contributed by atoms with van der Waals surface area (Å²) in [5, 5.41) is 11.3. The molecule has 0 bridgehead atoms. The SMILES string of the molecule is Cn1nnnc1-c1ccc(/C=C/B2OC(C)(C)C(C)(C)O2)cn1. The van der Waals surface area contributed by atoms with Gasteiger partial charge in [0, 0.05) is 13.2 Å². The second kappa shape index (κ2) is 5.54. The predicted molar refractivity (Wildman–Crippen MR) is 87.1 cm³/mol. The summed E-state index contributed by atoms with van der Waals surface area (Å²) in [5.74, 6) is 2.53. The Morgan fingerprint density at radius 2 is 1.83 bits per heavy atom. The molecule has 7 nitrogen and oxygen atoms in total. The van der Waals surface area contributed by atoms with Gasteiger partial charge in [0.2, 0.25) is 0 Å². The fraction of sp³-hybridized carbons (Fsp3) is 0.467. The van der Waals surface area contributed by atoms with E-state index in [4.69, 9.17) is 9.31 Å². The fourth-order valence-corrected chi connectivity index (χ4v) is 2.24. The molecule has 0 aromatic carbocycles. The van der Waals surface area contributed by atoms with Crippen LogP contribution in [0.15, 0.2) is 24.3 Å². The van der Waals surface area contributed by atoms with Crippen LogP contribution in [-0.2, 0) is 16.4 Å². The van der Waals surface area contributed by atoms with E-state index in [1.165, 1.54) is 0 Å². The van der Waals surface area contributed by atoms with Crippen LogP contribution < -0.4 is 0 Å². The van der Waals surface area contributed by atoms with Gasteiger partial charge < -0.3 is 9.31 Å². The second-order valence-corrected chi connectivity index (χ2v) is 6.59. The average molecular weight is 313 g/mol. The van der Waals surface area contributed by atoms with Gasteiger partial charge in [-0.15, -0.1) is 5.10 Å². The zero-order chi connectivity index (χ0) is 16.7. The van der Waals surface area contributed by atoms with Crippen LogP contribution in [-0.4, -0.2) is 43.5 Å². The number of nitrogens with zero attached hydrogens (tertiary/aromatic N) is 5. The Kier molecular flexibility index (Phi) is 3.81. The lowest BCUT2D eigenvalue weighted by atomic mass is 9.89. The van der Waals surface area contributed by atoms with Crippen LogP contribution in [0.1, 0.15) is 33.3 Å². The molecule has 1 aliphatic heterocycles. The monoisotopic (exact) mass is 313 g/mol. The van der Waals surface area contributed by atoms with Crippen LogP contribution in [0.4, 0.5) is 0 Å². The minimum atomic E-state index is -0.359. The van der Waals surface area contributed by atoms with Crippen LogP contribution in [0.5, 0.6) is 0 Å². The van der Waals surface area contributed by atoms with E-state index in [2.05, 4.69) is 20.5 Å². The van der Waals surface area contributed by atoms with Crippen LogP contribution in [0, 0.1) is 0 Å². The molecular formula is C15H20BN5O2. The average Bonchev–Trinajstić information content (AvgIpc) is 2.98. The quantitative estimate of drug-likeness (QED) is 0.806. The molecule has 2 aromatic heterocycles. The number of pyridine rings is 1. The van der Waals surface area contributed by atoms with Crippen molar-refractivity contribution in [3.8, 4) is 11.5 Å². The highest BCUT2D eigenvalue weighted by Gasteiger charge is 2.49. The van der Waals surface area contributed by atoms with Crippen molar-refractivity contribution in [3.05, 3.63) is 29.9 Å². The smallest absolute Gasteiger partial charge is 0.400 e. The first-order valence-electron chi connectivity index (χ1n) is 7.51. The third-order valence-electron chi connectivity index (χ3n) is 4.35. The van der Waals surface area contributed by atoms with Gasteiger partial charge in [-0.25, -0.2) is 4.68 Å². The van der Waals surface area contributed by atoms with Crippen LogP contribution >= 0.6 is 0 Å². The molecule has 0 unspecified atom stereocenters. The minimum Gasteiger partial charge on any atom is -0.400 e. The third kappa shape index (κ3) is 3.04. The Morgan fingerprint density at radius 3 is 2.35 bits per heavy atom. The Labute approximate surface area is 135 Å².